The van der Waals surface area contributed by atoms with Gasteiger partial charge in [0.05, 0.1) is 22.4 Å². The van der Waals surface area contributed by atoms with Gasteiger partial charge >= 0.3 is 0 Å². The second kappa shape index (κ2) is 6.28. The summed E-state index contributed by atoms with van der Waals surface area (Å²) in [5.41, 5.74) is 5.01. The smallest absolute Gasteiger partial charge is 0.262 e. The molecule has 1 amide bonds. The summed E-state index contributed by atoms with van der Waals surface area (Å²) in [5.74, 6) is 0.931. The third kappa shape index (κ3) is 2.71. The number of carbonyl (C=O) groups is 1. The lowest BCUT2D eigenvalue weighted by Gasteiger charge is -2.34. The Morgan fingerprint density at radius 2 is 1.90 bits per heavy atom. The lowest BCUT2D eigenvalue weighted by molar-refractivity contribution is -0.118. The van der Waals surface area contributed by atoms with Crippen molar-refractivity contribution in [2.45, 2.75) is 44.9 Å². The molecule has 3 aromatic rings. The van der Waals surface area contributed by atoms with Crippen LogP contribution >= 0.6 is 0 Å². The van der Waals surface area contributed by atoms with Crippen molar-refractivity contribution in [3.05, 3.63) is 59.9 Å². The van der Waals surface area contributed by atoms with Crippen LogP contribution in [0.5, 0.6) is 5.75 Å². The maximum absolute atomic E-state index is 12.3. The Kier molecular flexibility index (Phi) is 3.92. The highest BCUT2D eigenvalue weighted by molar-refractivity contribution is 5.94. The van der Waals surface area contributed by atoms with Crippen molar-refractivity contribution >= 4 is 22.6 Å². The van der Waals surface area contributed by atoms with Crippen LogP contribution in [0.3, 0.4) is 0 Å². The number of nitrogens with one attached hydrogen (secondary N) is 1. The molecule has 0 aliphatic heterocycles. The Labute approximate surface area is 170 Å². The van der Waals surface area contributed by atoms with Gasteiger partial charge in [-0.15, -0.1) is 0 Å². The number of hydrogen-bond acceptors (Lipinski definition) is 4. The zero-order valence-electron chi connectivity index (χ0n) is 17.0. The average Bonchev–Trinajstić information content (AvgIpc) is 3.04. The minimum Gasteiger partial charge on any atom is -0.484 e. The molecule has 2 aromatic carbocycles. The summed E-state index contributed by atoms with van der Waals surface area (Å²) in [7, 11) is 0. The fourth-order valence-electron chi connectivity index (χ4n) is 5.06. The van der Waals surface area contributed by atoms with E-state index >= 15 is 0 Å². The van der Waals surface area contributed by atoms with Gasteiger partial charge in [-0.3, -0.25) is 4.79 Å². The molecule has 2 aliphatic carbocycles. The van der Waals surface area contributed by atoms with Gasteiger partial charge in [-0.05, 0) is 48.6 Å². The van der Waals surface area contributed by atoms with Gasteiger partial charge in [0.2, 0.25) is 0 Å². The molecule has 1 fully saturated rings. The third-order valence-electron chi connectivity index (χ3n) is 7.17. The first kappa shape index (κ1) is 18.1. The van der Waals surface area contributed by atoms with E-state index in [1.807, 2.05) is 48.5 Å². The predicted octanol–water partition coefficient (Wildman–Crippen LogP) is 4.82. The first-order chi connectivity index (χ1) is 13.9. The summed E-state index contributed by atoms with van der Waals surface area (Å²) in [6.45, 7) is 6.99. The molecule has 2 bridgehead atoms. The molecule has 0 spiro atoms. The van der Waals surface area contributed by atoms with E-state index in [1.165, 1.54) is 18.5 Å². The van der Waals surface area contributed by atoms with Crippen molar-refractivity contribution in [2.24, 2.45) is 5.41 Å². The topological polar surface area (TPSA) is 64.1 Å². The quantitative estimate of drug-likeness (QED) is 0.697. The van der Waals surface area contributed by atoms with E-state index in [9.17, 15) is 4.79 Å². The molecule has 5 nitrogen and oxygen atoms in total. The van der Waals surface area contributed by atoms with Crippen LogP contribution in [0.4, 0.5) is 5.69 Å². The van der Waals surface area contributed by atoms with E-state index in [0.29, 0.717) is 17.4 Å². The molecule has 1 heterocycles. The van der Waals surface area contributed by atoms with Gasteiger partial charge in [0.15, 0.2) is 6.61 Å². The standard InChI is InChI=1S/C24H25N3O2/c1-23(2)17-11-12-24(23,3)22-21(17)26-19-13-15(9-10-18(19)27-22)25-20(28)14-29-16-7-5-4-6-8-16/h4-10,13,17H,11-12,14H2,1-3H3,(H,25,28). The van der Waals surface area contributed by atoms with Crippen molar-refractivity contribution in [3.63, 3.8) is 0 Å². The summed E-state index contributed by atoms with van der Waals surface area (Å²) in [5, 5.41) is 2.90. The van der Waals surface area contributed by atoms with Crippen LogP contribution in [0.2, 0.25) is 0 Å². The van der Waals surface area contributed by atoms with Crippen LogP contribution < -0.4 is 10.1 Å². The monoisotopic (exact) mass is 387 g/mol. The van der Waals surface area contributed by atoms with Gasteiger partial charge in [-0.1, -0.05) is 39.0 Å². The summed E-state index contributed by atoms with van der Waals surface area (Å²) < 4.78 is 5.52. The van der Waals surface area contributed by atoms with Crippen LogP contribution in [0.15, 0.2) is 48.5 Å². The molecule has 2 atom stereocenters. The molecule has 2 aliphatic rings. The minimum absolute atomic E-state index is 0.0352. The number of anilines is 1. The van der Waals surface area contributed by atoms with Gasteiger partial charge in [0.1, 0.15) is 5.75 Å². The molecule has 1 aromatic heterocycles. The molecule has 1 N–H and O–H groups in total. The van der Waals surface area contributed by atoms with Gasteiger partial charge in [-0.25, -0.2) is 9.97 Å². The molecule has 0 radical (unpaired) electrons. The molecular weight excluding hydrogens is 362 g/mol. The average molecular weight is 387 g/mol. The van der Waals surface area contributed by atoms with Crippen molar-refractivity contribution in [3.8, 4) is 5.75 Å². The minimum atomic E-state index is -0.199. The van der Waals surface area contributed by atoms with Crippen LogP contribution in [-0.4, -0.2) is 22.5 Å². The molecule has 2 unspecified atom stereocenters. The highest BCUT2D eigenvalue weighted by Gasteiger charge is 2.61. The van der Waals surface area contributed by atoms with E-state index in [4.69, 9.17) is 14.7 Å². The van der Waals surface area contributed by atoms with E-state index < -0.39 is 0 Å². The molecule has 148 valence electrons. The first-order valence-corrected chi connectivity index (χ1v) is 10.2. The number of fused-ring (bicyclic) bond motifs is 6. The Balaban J connectivity index is 1.38. The fourth-order valence-corrected chi connectivity index (χ4v) is 5.06. The van der Waals surface area contributed by atoms with E-state index in [-0.39, 0.29) is 23.3 Å². The van der Waals surface area contributed by atoms with Crippen molar-refractivity contribution in [1.29, 1.82) is 0 Å². The van der Waals surface area contributed by atoms with Gasteiger partial charge in [0.25, 0.3) is 5.91 Å². The fraction of sp³-hybridized carbons (Fsp3) is 0.375. The summed E-state index contributed by atoms with van der Waals surface area (Å²) in [4.78, 5) is 22.3. The molecule has 0 saturated heterocycles. The second-order valence-corrected chi connectivity index (χ2v) is 8.96. The number of para-hydroxylation sites is 1. The lowest BCUT2D eigenvalue weighted by Crippen LogP contribution is -2.31. The van der Waals surface area contributed by atoms with Crippen molar-refractivity contribution < 1.29 is 9.53 Å². The maximum atomic E-state index is 12.3. The van der Waals surface area contributed by atoms with E-state index in [0.717, 1.165) is 16.7 Å². The highest BCUT2D eigenvalue weighted by atomic mass is 16.5. The Hall–Kier alpha value is -2.95. The van der Waals surface area contributed by atoms with Crippen LogP contribution in [-0.2, 0) is 10.2 Å². The van der Waals surface area contributed by atoms with Crippen molar-refractivity contribution in [1.82, 2.24) is 9.97 Å². The number of ether oxygens (including phenoxy) is 1. The normalized spacial score (nSPS) is 23.8. The molecule has 1 saturated carbocycles. The maximum Gasteiger partial charge on any atom is 0.262 e. The summed E-state index contributed by atoms with van der Waals surface area (Å²) >= 11 is 0. The van der Waals surface area contributed by atoms with Crippen molar-refractivity contribution in [2.75, 3.05) is 11.9 Å². The Morgan fingerprint density at radius 1 is 1.10 bits per heavy atom. The summed E-state index contributed by atoms with van der Waals surface area (Å²) in [6.07, 6.45) is 2.34. The molecule has 29 heavy (non-hydrogen) atoms. The van der Waals surface area contributed by atoms with E-state index in [1.54, 1.807) is 0 Å². The first-order valence-electron chi connectivity index (χ1n) is 10.2. The Bertz CT molecular complexity index is 1110. The van der Waals surface area contributed by atoms with Gasteiger partial charge < -0.3 is 10.1 Å². The SMILES string of the molecule is CC12CCC(c3nc4cc(NC(=O)COc5ccccc5)ccc4nc31)C2(C)C. The number of aromatic nitrogens is 2. The number of nitrogens with zero attached hydrogens (tertiary/aromatic N) is 2. The largest absolute Gasteiger partial charge is 0.484 e. The van der Waals surface area contributed by atoms with Crippen LogP contribution in [0.1, 0.15) is 50.9 Å². The zero-order chi connectivity index (χ0) is 20.2. The predicted molar refractivity (Wildman–Crippen MR) is 113 cm³/mol. The highest BCUT2D eigenvalue weighted by Crippen LogP contribution is 2.66. The lowest BCUT2D eigenvalue weighted by atomic mass is 9.70. The number of carbonyl (C=O) groups excluding carboxylic acids is 1. The van der Waals surface area contributed by atoms with Crippen LogP contribution in [0, 0.1) is 5.41 Å². The molecule has 5 heteroatoms. The second-order valence-electron chi connectivity index (χ2n) is 8.96. The Morgan fingerprint density at radius 3 is 2.69 bits per heavy atom. The molecule has 5 rings (SSSR count). The number of benzene rings is 2. The third-order valence-corrected chi connectivity index (χ3v) is 7.17. The number of hydrogen-bond donors (Lipinski definition) is 1. The zero-order valence-corrected chi connectivity index (χ0v) is 17.0. The summed E-state index contributed by atoms with van der Waals surface area (Å²) in [6, 6.07) is 15.1. The molecular formula is C24H25N3O2. The van der Waals surface area contributed by atoms with Gasteiger partial charge in [0, 0.05) is 17.0 Å². The van der Waals surface area contributed by atoms with Gasteiger partial charge in [-0.2, -0.15) is 0 Å². The number of rotatable bonds is 4. The number of amides is 1. The van der Waals surface area contributed by atoms with E-state index in [2.05, 4.69) is 26.1 Å². The van der Waals surface area contributed by atoms with Crippen LogP contribution in [0.25, 0.3) is 11.0 Å².